The van der Waals surface area contributed by atoms with E-state index >= 15 is 0 Å². The van der Waals surface area contributed by atoms with Gasteiger partial charge in [-0.25, -0.2) is 13.6 Å². The van der Waals surface area contributed by atoms with E-state index in [4.69, 9.17) is 9.47 Å². The maximum absolute atomic E-state index is 14.3. The molecule has 0 aromatic heterocycles. The van der Waals surface area contributed by atoms with Crippen molar-refractivity contribution in [1.29, 1.82) is 0 Å². The number of halogens is 2. The number of ether oxygens (including phenoxy) is 2. The maximum atomic E-state index is 14.3. The Kier molecular flexibility index (Phi) is 13.3. The topological polar surface area (TPSA) is 117 Å². The molecule has 2 N–H and O–H groups in total. The minimum atomic E-state index is -0.884. The van der Waals surface area contributed by atoms with Gasteiger partial charge in [-0.2, -0.15) is 0 Å². The zero-order valence-electron chi connectivity index (χ0n) is 29.1. The Morgan fingerprint density at radius 3 is 2.26 bits per heavy atom. The molecule has 0 atom stereocenters. The first-order valence-corrected chi connectivity index (χ1v) is 16.9. The van der Waals surface area contributed by atoms with E-state index in [1.54, 1.807) is 69.3 Å². The Bertz CT molecular complexity index is 1630. The third kappa shape index (κ3) is 11.3. The molecular weight excluding hydrogens is 646 g/mol. The van der Waals surface area contributed by atoms with Gasteiger partial charge < -0.3 is 29.9 Å². The summed E-state index contributed by atoms with van der Waals surface area (Å²) in [4.78, 5) is 54.2. The first-order valence-electron chi connectivity index (χ1n) is 16.9. The molecule has 12 heteroatoms. The first-order chi connectivity index (χ1) is 23.8. The molecule has 50 heavy (non-hydrogen) atoms. The number of nitrogens with one attached hydrogen (secondary N) is 2. The van der Waals surface area contributed by atoms with Crippen LogP contribution < -0.4 is 25.2 Å². The average molecular weight is 693 g/mol. The van der Waals surface area contributed by atoms with E-state index in [1.165, 1.54) is 24.4 Å². The summed E-state index contributed by atoms with van der Waals surface area (Å²) in [7, 11) is 1.26. The van der Waals surface area contributed by atoms with E-state index in [1.807, 2.05) is 0 Å². The molecule has 1 saturated carbocycles. The SMILES string of the molecule is CN(C(=O)COc1ccccc1N(CCC1CCCCC1)C(=O)CNC(=O)Nc1cccc(CC(=O)OC(C)(C)C)c1)c1c(F)cccc1F. The summed E-state index contributed by atoms with van der Waals surface area (Å²) in [6.45, 7) is 4.84. The molecule has 0 spiro atoms. The van der Waals surface area contributed by atoms with Crippen molar-refractivity contribution in [1.82, 2.24) is 5.32 Å². The maximum Gasteiger partial charge on any atom is 0.319 e. The predicted molar refractivity (Wildman–Crippen MR) is 188 cm³/mol. The van der Waals surface area contributed by atoms with Gasteiger partial charge in [-0.1, -0.05) is 62.4 Å². The molecule has 4 rings (SSSR count). The fourth-order valence-corrected chi connectivity index (χ4v) is 5.87. The van der Waals surface area contributed by atoms with Gasteiger partial charge in [0.25, 0.3) is 5.91 Å². The Labute approximate surface area is 292 Å². The molecule has 0 unspecified atom stereocenters. The van der Waals surface area contributed by atoms with Gasteiger partial charge in [0.1, 0.15) is 28.7 Å². The van der Waals surface area contributed by atoms with Crippen molar-refractivity contribution in [2.75, 3.05) is 41.9 Å². The number of hydrogen-bond donors (Lipinski definition) is 2. The molecule has 268 valence electrons. The van der Waals surface area contributed by atoms with Crippen molar-refractivity contribution in [3.05, 3.63) is 83.9 Å². The molecule has 0 bridgehead atoms. The zero-order valence-corrected chi connectivity index (χ0v) is 29.1. The Morgan fingerprint density at radius 1 is 0.880 bits per heavy atom. The van der Waals surface area contributed by atoms with Crippen LogP contribution in [0.25, 0.3) is 0 Å². The average Bonchev–Trinajstić information content (AvgIpc) is 3.06. The van der Waals surface area contributed by atoms with Gasteiger partial charge in [-0.15, -0.1) is 0 Å². The second kappa shape index (κ2) is 17.6. The van der Waals surface area contributed by atoms with Crippen LogP contribution in [0.3, 0.4) is 0 Å². The number of benzene rings is 3. The van der Waals surface area contributed by atoms with Crippen LogP contribution in [0, 0.1) is 17.6 Å². The van der Waals surface area contributed by atoms with Gasteiger partial charge >= 0.3 is 12.0 Å². The first kappa shape index (κ1) is 37.8. The van der Waals surface area contributed by atoms with Gasteiger partial charge in [-0.3, -0.25) is 14.4 Å². The van der Waals surface area contributed by atoms with Crippen molar-refractivity contribution < 1.29 is 37.4 Å². The molecule has 3 aromatic rings. The highest BCUT2D eigenvalue weighted by atomic mass is 19.1. The zero-order chi connectivity index (χ0) is 36.3. The highest BCUT2D eigenvalue weighted by Crippen LogP contribution is 2.32. The van der Waals surface area contributed by atoms with Crippen LogP contribution in [-0.2, 0) is 25.5 Å². The molecule has 1 aliphatic carbocycles. The quantitative estimate of drug-likeness (QED) is 0.186. The minimum absolute atomic E-state index is 0.0340. The number of amides is 4. The number of rotatable bonds is 13. The van der Waals surface area contributed by atoms with E-state index in [-0.39, 0.29) is 18.7 Å². The summed E-state index contributed by atoms with van der Waals surface area (Å²) in [5.74, 6) is -2.58. The summed E-state index contributed by atoms with van der Waals surface area (Å²) < 4.78 is 39.9. The number of anilines is 3. The second-order valence-corrected chi connectivity index (χ2v) is 13.4. The summed E-state index contributed by atoms with van der Waals surface area (Å²) >= 11 is 0. The van der Waals surface area contributed by atoms with Gasteiger partial charge in [0, 0.05) is 19.3 Å². The van der Waals surface area contributed by atoms with Crippen LogP contribution in [0.15, 0.2) is 66.7 Å². The van der Waals surface area contributed by atoms with Crippen molar-refractivity contribution in [3.8, 4) is 5.75 Å². The largest absolute Gasteiger partial charge is 0.482 e. The number of hydrogen-bond acceptors (Lipinski definition) is 6. The van der Waals surface area contributed by atoms with Gasteiger partial charge in [0.05, 0.1) is 18.7 Å². The standard InChI is InChI=1S/C38H46F2N4O6/c1-38(2,3)50-35(47)23-27-14-10-15-28(22-27)42-37(48)41-24-33(45)44(21-20-26-12-6-5-7-13-26)31-18-8-9-19-32(31)49-25-34(46)43(4)36-29(39)16-11-17-30(36)40/h8-11,14-19,22,26H,5-7,12-13,20-21,23-25H2,1-4H3,(H2,41,42,48). The lowest BCUT2D eigenvalue weighted by atomic mass is 9.87. The monoisotopic (exact) mass is 692 g/mol. The van der Waals surface area contributed by atoms with E-state index in [2.05, 4.69) is 10.6 Å². The van der Waals surface area contributed by atoms with E-state index < -0.39 is 53.3 Å². The lowest BCUT2D eigenvalue weighted by Gasteiger charge is -2.29. The summed E-state index contributed by atoms with van der Waals surface area (Å²) in [6, 6.07) is 16.2. The number of nitrogens with zero attached hydrogens (tertiary/aromatic N) is 2. The molecule has 0 heterocycles. The van der Waals surface area contributed by atoms with Crippen molar-refractivity contribution in [2.24, 2.45) is 5.92 Å². The van der Waals surface area contributed by atoms with E-state index in [0.29, 0.717) is 29.4 Å². The van der Waals surface area contributed by atoms with E-state index in [0.717, 1.165) is 49.1 Å². The van der Waals surface area contributed by atoms with Crippen LogP contribution in [0.2, 0.25) is 0 Å². The molecule has 0 radical (unpaired) electrons. The van der Waals surface area contributed by atoms with Gasteiger partial charge in [-0.05, 0) is 75.1 Å². The Hall–Kier alpha value is -5.00. The number of likely N-dealkylation sites (N-methyl/N-ethyl adjacent to an activating group) is 1. The van der Waals surface area contributed by atoms with Crippen molar-refractivity contribution in [3.63, 3.8) is 0 Å². The van der Waals surface area contributed by atoms with Crippen molar-refractivity contribution >= 4 is 40.9 Å². The predicted octanol–water partition coefficient (Wildman–Crippen LogP) is 7.02. The molecule has 10 nitrogen and oxygen atoms in total. The number of esters is 1. The van der Waals surface area contributed by atoms with E-state index in [9.17, 15) is 28.0 Å². The minimum Gasteiger partial charge on any atom is -0.482 e. The molecule has 0 saturated heterocycles. The number of para-hydroxylation sites is 3. The number of carbonyl (C=O) groups excluding carboxylic acids is 4. The van der Waals surface area contributed by atoms with Crippen LogP contribution in [0.4, 0.5) is 30.6 Å². The third-order valence-electron chi connectivity index (χ3n) is 8.29. The molecule has 3 aromatic carbocycles. The Morgan fingerprint density at radius 2 is 1.56 bits per heavy atom. The van der Waals surface area contributed by atoms with Crippen LogP contribution in [0.5, 0.6) is 5.75 Å². The summed E-state index contributed by atoms with van der Waals surface area (Å²) in [6.07, 6.45) is 6.38. The normalized spacial score (nSPS) is 13.2. The van der Waals surface area contributed by atoms with Gasteiger partial charge in [0.15, 0.2) is 6.61 Å². The smallest absolute Gasteiger partial charge is 0.319 e. The van der Waals surface area contributed by atoms with Gasteiger partial charge in [0.2, 0.25) is 5.91 Å². The lowest BCUT2D eigenvalue weighted by molar-refractivity contribution is -0.153. The number of carbonyl (C=O) groups is 4. The van der Waals surface area contributed by atoms with Crippen molar-refractivity contribution in [2.45, 2.75) is 71.3 Å². The van der Waals surface area contributed by atoms with Crippen LogP contribution in [-0.4, -0.2) is 56.2 Å². The van der Waals surface area contributed by atoms with Crippen LogP contribution >= 0.6 is 0 Å². The molecule has 1 fully saturated rings. The highest BCUT2D eigenvalue weighted by molar-refractivity contribution is 5.99. The number of urea groups is 1. The third-order valence-corrected chi connectivity index (χ3v) is 8.29. The fourth-order valence-electron chi connectivity index (χ4n) is 5.87. The molecule has 1 aliphatic rings. The lowest BCUT2D eigenvalue weighted by Crippen LogP contribution is -2.42. The Balaban J connectivity index is 1.43. The molecule has 4 amide bonds. The fraction of sp³-hybridized carbons (Fsp3) is 0.421. The summed E-state index contributed by atoms with van der Waals surface area (Å²) in [5.41, 5.74) is 0.389. The van der Waals surface area contributed by atoms with Crippen LogP contribution in [0.1, 0.15) is 64.9 Å². The summed E-state index contributed by atoms with van der Waals surface area (Å²) in [5, 5.41) is 5.32. The molecular formula is C38H46F2N4O6. The molecule has 0 aliphatic heterocycles. The highest BCUT2D eigenvalue weighted by Gasteiger charge is 2.25. The second-order valence-electron chi connectivity index (χ2n) is 13.4.